The van der Waals surface area contributed by atoms with Gasteiger partial charge in [0, 0.05) is 11.5 Å². The van der Waals surface area contributed by atoms with E-state index in [1.54, 1.807) is 0 Å². The van der Waals surface area contributed by atoms with Crippen LogP contribution in [0.5, 0.6) is 0 Å². The third-order valence-electron chi connectivity index (χ3n) is 10.3. The van der Waals surface area contributed by atoms with Crippen molar-refractivity contribution in [2.45, 2.75) is 99.0 Å². The number of hydrogen-bond acceptors (Lipinski definition) is 1. The van der Waals surface area contributed by atoms with Gasteiger partial charge in [-0.2, -0.15) is 0 Å². The molecule has 0 aromatic rings. The highest BCUT2D eigenvalue weighted by molar-refractivity contribution is 5.89. The van der Waals surface area contributed by atoms with E-state index >= 15 is 0 Å². The molecule has 2 nitrogen and oxygen atoms in total. The molecule has 0 saturated heterocycles. The van der Waals surface area contributed by atoms with E-state index in [1.165, 1.54) is 44.9 Å². The zero-order chi connectivity index (χ0) is 21.0. The standard InChI is InChI=1S/C27H45NO/c1-17(2)8-7-9-18(3)20-10-11-21-25-19(4)16-23-27(6,15-13-24(29)28-23)22(25)12-14-26(20,21)5/h13,15,17-23,25H,7-12,14,16H2,1-6H3,(H,28,29)/t18-,19?,20-,21?,22?,23-,25?,26-,27-/m1/s1. The Labute approximate surface area is 179 Å². The van der Waals surface area contributed by atoms with E-state index < -0.39 is 0 Å². The maximum absolute atomic E-state index is 12.0. The highest BCUT2D eigenvalue weighted by atomic mass is 16.1. The van der Waals surface area contributed by atoms with Crippen LogP contribution < -0.4 is 5.32 Å². The highest BCUT2D eigenvalue weighted by Crippen LogP contribution is 2.67. The van der Waals surface area contributed by atoms with Gasteiger partial charge < -0.3 is 5.32 Å². The van der Waals surface area contributed by atoms with Crippen LogP contribution in [0, 0.1) is 52.3 Å². The molecule has 0 bridgehead atoms. The first-order valence-electron chi connectivity index (χ1n) is 12.7. The lowest BCUT2D eigenvalue weighted by Gasteiger charge is -2.61. The number of hydrogen-bond donors (Lipinski definition) is 1. The monoisotopic (exact) mass is 399 g/mol. The van der Waals surface area contributed by atoms with Gasteiger partial charge in [0.25, 0.3) is 0 Å². The quantitative estimate of drug-likeness (QED) is 0.554. The highest BCUT2D eigenvalue weighted by Gasteiger charge is 2.61. The fourth-order valence-corrected chi connectivity index (χ4v) is 8.71. The van der Waals surface area contributed by atoms with Gasteiger partial charge in [0.05, 0.1) is 0 Å². The minimum atomic E-state index is 0.120. The molecule has 3 aliphatic carbocycles. The Kier molecular flexibility index (Phi) is 5.71. The molecule has 3 saturated carbocycles. The van der Waals surface area contributed by atoms with Crippen molar-refractivity contribution in [1.82, 2.24) is 5.32 Å². The number of nitrogens with one attached hydrogen (secondary N) is 1. The second kappa shape index (κ2) is 7.72. The van der Waals surface area contributed by atoms with E-state index in [4.69, 9.17) is 0 Å². The molecule has 9 atom stereocenters. The summed E-state index contributed by atoms with van der Waals surface area (Å²) in [5.74, 6) is 5.93. The molecule has 3 fully saturated rings. The van der Waals surface area contributed by atoms with Gasteiger partial charge in [0.2, 0.25) is 5.91 Å². The summed E-state index contributed by atoms with van der Waals surface area (Å²) in [7, 11) is 0. The van der Waals surface area contributed by atoms with Gasteiger partial charge in [-0.25, -0.2) is 0 Å². The molecule has 1 N–H and O–H groups in total. The number of rotatable bonds is 5. The number of carbonyl (C=O) groups is 1. The van der Waals surface area contributed by atoms with Crippen molar-refractivity contribution in [1.29, 1.82) is 0 Å². The van der Waals surface area contributed by atoms with Crippen LogP contribution in [0.2, 0.25) is 0 Å². The molecule has 1 amide bonds. The molecule has 4 unspecified atom stereocenters. The third kappa shape index (κ3) is 3.51. The summed E-state index contributed by atoms with van der Waals surface area (Å²) in [6, 6.07) is 0.341. The van der Waals surface area contributed by atoms with Crippen LogP contribution in [0.4, 0.5) is 0 Å². The summed E-state index contributed by atoms with van der Waals surface area (Å²) in [6.45, 7) is 14.9. The Hall–Kier alpha value is -0.790. The van der Waals surface area contributed by atoms with E-state index in [0.29, 0.717) is 11.5 Å². The zero-order valence-electron chi connectivity index (χ0n) is 19.8. The predicted molar refractivity (Wildman–Crippen MR) is 121 cm³/mol. The molecule has 1 aliphatic heterocycles. The molecule has 0 spiro atoms. The van der Waals surface area contributed by atoms with Gasteiger partial charge in [0.1, 0.15) is 0 Å². The SMILES string of the molecule is CC(C)CCC[C@@H](C)[C@H]1CCC2C3C(C)C[C@H]4NC(=O)C=C[C@]4(C)C3CC[C@@]21C. The molecule has 2 heteroatoms. The van der Waals surface area contributed by atoms with Crippen LogP contribution in [0.15, 0.2) is 12.2 Å². The molecule has 4 rings (SSSR count). The van der Waals surface area contributed by atoms with Gasteiger partial charge in [-0.1, -0.05) is 66.9 Å². The molecule has 29 heavy (non-hydrogen) atoms. The topological polar surface area (TPSA) is 29.1 Å². The molecule has 164 valence electrons. The van der Waals surface area contributed by atoms with Crippen molar-refractivity contribution < 1.29 is 4.79 Å². The zero-order valence-corrected chi connectivity index (χ0v) is 19.8. The van der Waals surface area contributed by atoms with E-state index in [-0.39, 0.29) is 11.3 Å². The minimum absolute atomic E-state index is 0.120. The Morgan fingerprint density at radius 2 is 1.86 bits per heavy atom. The third-order valence-corrected chi connectivity index (χ3v) is 10.3. The molecule has 0 aromatic heterocycles. The average Bonchev–Trinajstić information content (AvgIpc) is 3.00. The van der Waals surface area contributed by atoms with Crippen LogP contribution in [-0.4, -0.2) is 11.9 Å². The summed E-state index contributed by atoms with van der Waals surface area (Å²) >= 11 is 0. The van der Waals surface area contributed by atoms with Crippen LogP contribution in [0.25, 0.3) is 0 Å². The lowest BCUT2D eigenvalue weighted by Crippen LogP contribution is -2.61. The molecule has 0 radical (unpaired) electrons. The van der Waals surface area contributed by atoms with E-state index in [2.05, 4.69) is 52.9 Å². The second-order valence-electron chi connectivity index (χ2n) is 12.3. The smallest absolute Gasteiger partial charge is 0.243 e. The van der Waals surface area contributed by atoms with Crippen molar-refractivity contribution in [3.05, 3.63) is 12.2 Å². The maximum atomic E-state index is 12.0. The average molecular weight is 400 g/mol. The fraction of sp³-hybridized carbons (Fsp3) is 0.889. The lowest BCUT2D eigenvalue weighted by atomic mass is 9.45. The van der Waals surface area contributed by atoms with Crippen molar-refractivity contribution >= 4 is 5.91 Å². The Morgan fingerprint density at radius 3 is 2.59 bits per heavy atom. The maximum Gasteiger partial charge on any atom is 0.243 e. The summed E-state index contributed by atoms with van der Waals surface area (Å²) in [4.78, 5) is 12.0. The first kappa shape index (κ1) is 21.4. The van der Waals surface area contributed by atoms with Gasteiger partial charge >= 0.3 is 0 Å². The largest absolute Gasteiger partial charge is 0.349 e. The van der Waals surface area contributed by atoms with Crippen molar-refractivity contribution in [2.75, 3.05) is 0 Å². The van der Waals surface area contributed by atoms with Crippen molar-refractivity contribution in [2.24, 2.45) is 52.3 Å². The van der Waals surface area contributed by atoms with Gasteiger partial charge in [0.15, 0.2) is 0 Å². The van der Waals surface area contributed by atoms with Gasteiger partial charge in [-0.15, -0.1) is 0 Å². The fourth-order valence-electron chi connectivity index (χ4n) is 8.71. The molecule has 4 aliphatic rings. The number of fused-ring (bicyclic) bond motifs is 5. The second-order valence-corrected chi connectivity index (χ2v) is 12.3. The number of carbonyl (C=O) groups excluding carboxylic acids is 1. The lowest BCUT2D eigenvalue weighted by molar-refractivity contribution is -0.126. The molecule has 0 aromatic carbocycles. The Morgan fingerprint density at radius 1 is 1.10 bits per heavy atom. The Balaban J connectivity index is 1.53. The summed E-state index contributed by atoms with van der Waals surface area (Å²) in [5, 5.41) is 3.32. The van der Waals surface area contributed by atoms with E-state index in [9.17, 15) is 4.79 Å². The molecule has 1 heterocycles. The molecular formula is C27H45NO. The summed E-state index contributed by atoms with van der Waals surface area (Å²) in [6.07, 6.45) is 15.1. The molecular weight excluding hydrogens is 354 g/mol. The van der Waals surface area contributed by atoms with Gasteiger partial charge in [-0.3, -0.25) is 4.79 Å². The first-order chi connectivity index (χ1) is 13.7. The first-order valence-corrected chi connectivity index (χ1v) is 12.7. The van der Waals surface area contributed by atoms with E-state index in [0.717, 1.165) is 47.8 Å². The Bertz CT molecular complexity index is 653. The van der Waals surface area contributed by atoms with Crippen LogP contribution in [0.3, 0.4) is 0 Å². The summed E-state index contributed by atoms with van der Waals surface area (Å²) < 4.78 is 0. The van der Waals surface area contributed by atoms with Crippen LogP contribution in [0.1, 0.15) is 92.9 Å². The number of amides is 1. The van der Waals surface area contributed by atoms with Crippen molar-refractivity contribution in [3.8, 4) is 0 Å². The van der Waals surface area contributed by atoms with Crippen molar-refractivity contribution in [3.63, 3.8) is 0 Å². The van der Waals surface area contributed by atoms with Crippen LogP contribution >= 0.6 is 0 Å². The van der Waals surface area contributed by atoms with Gasteiger partial charge in [-0.05, 0) is 85.0 Å². The summed E-state index contributed by atoms with van der Waals surface area (Å²) in [5.41, 5.74) is 0.699. The predicted octanol–water partition coefficient (Wildman–Crippen LogP) is 6.61. The minimum Gasteiger partial charge on any atom is -0.349 e. The van der Waals surface area contributed by atoms with E-state index in [1.807, 2.05) is 6.08 Å². The van der Waals surface area contributed by atoms with Crippen LogP contribution in [-0.2, 0) is 4.79 Å². The normalized spacial score (nSPS) is 47.3.